The molecular formula is C46H86O10. The van der Waals surface area contributed by atoms with Crippen molar-refractivity contribution in [2.75, 3.05) is 19.8 Å². The lowest BCUT2D eigenvalue weighted by atomic mass is 9.99. The minimum atomic E-state index is -1.59. The Kier molecular flexibility index (Phi) is 35.3. The molecule has 6 unspecified atom stereocenters. The highest BCUT2D eigenvalue weighted by atomic mass is 16.7. The molecule has 1 saturated heterocycles. The Labute approximate surface area is 341 Å². The molecule has 1 heterocycles. The van der Waals surface area contributed by atoms with Gasteiger partial charge in [-0.25, -0.2) is 0 Å². The fourth-order valence-electron chi connectivity index (χ4n) is 7.18. The van der Waals surface area contributed by atoms with Gasteiger partial charge in [0, 0.05) is 12.8 Å². The third kappa shape index (κ3) is 28.8. The summed E-state index contributed by atoms with van der Waals surface area (Å²) in [5, 5.41) is 40.0. The normalized spacial score (nSPS) is 20.4. The Hall–Kier alpha value is -1.56. The van der Waals surface area contributed by atoms with Gasteiger partial charge in [-0.05, 0) is 38.5 Å². The summed E-state index contributed by atoms with van der Waals surface area (Å²) in [6.07, 6.45) is 32.2. The fraction of sp³-hybridized carbons (Fsp3) is 0.913. The molecule has 10 nitrogen and oxygen atoms in total. The smallest absolute Gasteiger partial charge is 0.306 e. The van der Waals surface area contributed by atoms with Gasteiger partial charge in [-0.1, -0.05) is 174 Å². The summed E-state index contributed by atoms with van der Waals surface area (Å²) >= 11 is 0. The van der Waals surface area contributed by atoms with Crippen LogP contribution in [0.5, 0.6) is 0 Å². The number of allylic oxidation sites excluding steroid dienone is 2. The van der Waals surface area contributed by atoms with Gasteiger partial charge in [0.15, 0.2) is 12.4 Å². The SMILES string of the molecule is CCCCC/C=C\CCCCCCCC(=O)OC(COC(=O)CCCCCCCCCCCCCCCCCCCCC)COC1OC(CO)C(O)C(O)C1O. The van der Waals surface area contributed by atoms with Crippen LogP contribution in [0, 0.1) is 0 Å². The lowest BCUT2D eigenvalue weighted by Crippen LogP contribution is -2.59. The number of ether oxygens (including phenoxy) is 4. The van der Waals surface area contributed by atoms with Crippen LogP contribution in [-0.2, 0) is 28.5 Å². The Morgan fingerprint density at radius 2 is 0.946 bits per heavy atom. The van der Waals surface area contributed by atoms with Crippen LogP contribution in [-0.4, -0.2) is 89.0 Å². The molecule has 0 radical (unpaired) electrons. The van der Waals surface area contributed by atoms with Gasteiger partial charge in [-0.3, -0.25) is 9.59 Å². The highest BCUT2D eigenvalue weighted by Crippen LogP contribution is 2.23. The molecule has 330 valence electrons. The van der Waals surface area contributed by atoms with Gasteiger partial charge in [0.05, 0.1) is 13.2 Å². The van der Waals surface area contributed by atoms with E-state index in [0.717, 1.165) is 57.8 Å². The van der Waals surface area contributed by atoms with E-state index in [9.17, 15) is 30.0 Å². The molecule has 1 fully saturated rings. The van der Waals surface area contributed by atoms with Crippen molar-refractivity contribution in [3.63, 3.8) is 0 Å². The van der Waals surface area contributed by atoms with Crippen molar-refractivity contribution >= 4 is 11.9 Å². The monoisotopic (exact) mass is 799 g/mol. The number of carbonyl (C=O) groups is 2. The standard InChI is InChI=1S/C46H86O10/c1-3-5-7-9-11-13-15-17-18-19-20-21-22-23-25-26-28-30-32-34-41(48)53-37-39(38-54-46-45(52)44(51)43(50)40(36-47)56-46)55-42(49)35-33-31-29-27-24-16-14-12-10-8-6-4-2/h12,14,39-40,43-47,50-52H,3-11,13,15-38H2,1-2H3/b14-12-. The lowest BCUT2D eigenvalue weighted by molar-refractivity contribution is -0.305. The highest BCUT2D eigenvalue weighted by Gasteiger charge is 2.44. The predicted octanol–water partition coefficient (Wildman–Crippen LogP) is 9.95. The molecule has 1 aliphatic rings. The first-order valence-corrected chi connectivity index (χ1v) is 23.3. The van der Waals surface area contributed by atoms with Crippen LogP contribution in [0.2, 0.25) is 0 Å². The molecular weight excluding hydrogens is 712 g/mol. The molecule has 0 aliphatic carbocycles. The van der Waals surface area contributed by atoms with Crippen molar-refractivity contribution in [1.82, 2.24) is 0 Å². The first-order chi connectivity index (χ1) is 27.3. The van der Waals surface area contributed by atoms with Crippen LogP contribution in [0.15, 0.2) is 12.2 Å². The molecule has 0 bridgehead atoms. The lowest BCUT2D eigenvalue weighted by Gasteiger charge is -2.39. The molecule has 0 aromatic carbocycles. The number of carbonyl (C=O) groups excluding carboxylic acids is 2. The molecule has 1 rings (SSSR count). The number of esters is 2. The summed E-state index contributed by atoms with van der Waals surface area (Å²) in [6, 6.07) is 0. The van der Waals surface area contributed by atoms with Crippen molar-refractivity contribution < 1.29 is 49.0 Å². The quantitative estimate of drug-likeness (QED) is 0.0269. The summed E-state index contributed by atoms with van der Waals surface area (Å²) in [4.78, 5) is 25.3. The van der Waals surface area contributed by atoms with Crippen LogP contribution in [0.25, 0.3) is 0 Å². The Bertz CT molecular complexity index is 928. The predicted molar refractivity (Wildman–Crippen MR) is 224 cm³/mol. The Morgan fingerprint density at radius 3 is 1.43 bits per heavy atom. The van der Waals surface area contributed by atoms with Crippen LogP contribution in [0.4, 0.5) is 0 Å². The summed E-state index contributed by atoms with van der Waals surface area (Å²) in [5.74, 6) is -0.807. The molecule has 0 aromatic heterocycles. The first-order valence-electron chi connectivity index (χ1n) is 23.3. The maximum atomic E-state index is 12.7. The summed E-state index contributed by atoms with van der Waals surface area (Å²) < 4.78 is 22.2. The number of hydrogen-bond acceptors (Lipinski definition) is 10. The van der Waals surface area contributed by atoms with Gasteiger partial charge in [0.1, 0.15) is 31.0 Å². The second-order valence-corrected chi connectivity index (χ2v) is 16.2. The van der Waals surface area contributed by atoms with Crippen molar-refractivity contribution in [1.29, 1.82) is 0 Å². The van der Waals surface area contributed by atoms with Gasteiger partial charge >= 0.3 is 11.9 Å². The number of rotatable bonds is 39. The fourth-order valence-corrected chi connectivity index (χ4v) is 7.18. The van der Waals surface area contributed by atoms with E-state index in [1.165, 1.54) is 122 Å². The van der Waals surface area contributed by atoms with Crippen LogP contribution in [0.1, 0.15) is 213 Å². The van der Waals surface area contributed by atoms with Gasteiger partial charge < -0.3 is 39.4 Å². The molecule has 0 amide bonds. The van der Waals surface area contributed by atoms with E-state index in [4.69, 9.17) is 18.9 Å². The molecule has 6 atom stereocenters. The van der Waals surface area contributed by atoms with E-state index >= 15 is 0 Å². The average molecular weight is 799 g/mol. The maximum absolute atomic E-state index is 12.7. The molecule has 1 aliphatic heterocycles. The zero-order valence-corrected chi connectivity index (χ0v) is 35.9. The molecule has 10 heteroatoms. The minimum Gasteiger partial charge on any atom is -0.462 e. The zero-order chi connectivity index (χ0) is 40.9. The third-order valence-electron chi connectivity index (χ3n) is 10.9. The van der Waals surface area contributed by atoms with Crippen molar-refractivity contribution in [2.45, 2.75) is 250 Å². The molecule has 0 saturated carbocycles. The number of unbranched alkanes of at least 4 members (excludes halogenated alkanes) is 26. The van der Waals surface area contributed by atoms with Gasteiger partial charge in [0.25, 0.3) is 0 Å². The molecule has 0 spiro atoms. The van der Waals surface area contributed by atoms with E-state index in [-0.39, 0.29) is 32.0 Å². The Morgan fingerprint density at radius 1 is 0.536 bits per heavy atom. The molecule has 4 N–H and O–H groups in total. The summed E-state index contributed by atoms with van der Waals surface area (Å²) in [7, 11) is 0. The first kappa shape index (κ1) is 52.5. The average Bonchev–Trinajstić information content (AvgIpc) is 3.19. The summed E-state index contributed by atoms with van der Waals surface area (Å²) in [5.41, 5.74) is 0. The molecule has 56 heavy (non-hydrogen) atoms. The van der Waals surface area contributed by atoms with Crippen molar-refractivity contribution in [3.8, 4) is 0 Å². The second-order valence-electron chi connectivity index (χ2n) is 16.2. The minimum absolute atomic E-state index is 0.215. The van der Waals surface area contributed by atoms with Crippen molar-refractivity contribution in [2.24, 2.45) is 0 Å². The molecule has 0 aromatic rings. The number of aliphatic hydroxyl groups is 4. The van der Waals surface area contributed by atoms with Gasteiger partial charge in [-0.2, -0.15) is 0 Å². The van der Waals surface area contributed by atoms with Gasteiger partial charge in [-0.15, -0.1) is 0 Å². The van der Waals surface area contributed by atoms with E-state index < -0.39 is 49.4 Å². The topological polar surface area (TPSA) is 152 Å². The van der Waals surface area contributed by atoms with E-state index in [0.29, 0.717) is 6.42 Å². The summed E-state index contributed by atoms with van der Waals surface area (Å²) in [6.45, 7) is 3.41. The van der Waals surface area contributed by atoms with E-state index in [1.807, 2.05) is 0 Å². The third-order valence-corrected chi connectivity index (χ3v) is 10.9. The highest BCUT2D eigenvalue weighted by molar-refractivity contribution is 5.70. The maximum Gasteiger partial charge on any atom is 0.306 e. The zero-order valence-electron chi connectivity index (χ0n) is 35.9. The van der Waals surface area contributed by atoms with E-state index in [1.54, 1.807) is 0 Å². The van der Waals surface area contributed by atoms with Crippen LogP contribution >= 0.6 is 0 Å². The van der Waals surface area contributed by atoms with Crippen molar-refractivity contribution in [3.05, 3.63) is 12.2 Å². The van der Waals surface area contributed by atoms with Crippen LogP contribution < -0.4 is 0 Å². The largest absolute Gasteiger partial charge is 0.462 e. The number of hydrogen-bond donors (Lipinski definition) is 4. The van der Waals surface area contributed by atoms with E-state index in [2.05, 4.69) is 26.0 Å². The van der Waals surface area contributed by atoms with Crippen LogP contribution in [0.3, 0.4) is 0 Å². The second kappa shape index (κ2) is 37.7. The Balaban J connectivity index is 2.27. The van der Waals surface area contributed by atoms with Gasteiger partial charge in [0.2, 0.25) is 0 Å². The number of aliphatic hydroxyl groups excluding tert-OH is 4.